The van der Waals surface area contributed by atoms with Crippen molar-refractivity contribution in [2.45, 2.75) is 39.3 Å². The SMILES string of the molecule is CCn1c(=O)n(CC2CCC2)c2ccccc21. The highest BCUT2D eigenvalue weighted by molar-refractivity contribution is 5.75. The summed E-state index contributed by atoms with van der Waals surface area (Å²) in [7, 11) is 0. The van der Waals surface area contributed by atoms with Gasteiger partial charge in [0.15, 0.2) is 0 Å². The number of fused-ring (bicyclic) bond motifs is 1. The fourth-order valence-electron chi connectivity index (χ4n) is 2.69. The molecule has 1 fully saturated rings. The van der Waals surface area contributed by atoms with Gasteiger partial charge in [-0.25, -0.2) is 4.79 Å². The fourth-order valence-corrected chi connectivity index (χ4v) is 2.69. The van der Waals surface area contributed by atoms with Crippen molar-refractivity contribution in [1.29, 1.82) is 0 Å². The van der Waals surface area contributed by atoms with Gasteiger partial charge in [-0.15, -0.1) is 0 Å². The van der Waals surface area contributed by atoms with Gasteiger partial charge < -0.3 is 0 Å². The first-order valence-corrected chi connectivity index (χ1v) is 6.49. The van der Waals surface area contributed by atoms with Crippen molar-refractivity contribution in [1.82, 2.24) is 9.13 Å². The summed E-state index contributed by atoms with van der Waals surface area (Å²) in [5, 5.41) is 0. The molecule has 3 rings (SSSR count). The number of benzene rings is 1. The Balaban J connectivity index is 2.14. The molecule has 0 unspecified atom stereocenters. The van der Waals surface area contributed by atoms with E-state index in [2.05, 4.69) is 6.07 Å². The molecule has 0 amide bonds. The predicted octanol–water partition coefficient (Wildman–Crippen LogP) is 2.62. The second-order valence-electron chi connectivity index (χ2n) is 4.92. The standard InChI is InChI=1S/C14H18N2O/c1-2-15-12-8-3-4-9-13(12)16(14(15)17)10-11-6-5-7-11/h3-4,8-9,11H,2,5-7,10H2,1H3. The van der Waals surface area contributed by atoms with Crippen LogP contribution < -0.4 is 5.69 Å². The van der Waals surface area contributed by atoms with E-state index in [0.717, 1.165) is 24.1 Å². The highest BCUT2D eigenvalue weighted by Crippen LogP contribution is 2.28. The van der Waals surface area contributed by atoms with Crippen LogP contribution in [0, 0.1) is 5.92 Å². The Kier molecular flexibility index (Phi) is 2.54. The average Bonchev–Trinajstić information content (AvgIpc) is 2.56. The molecule has 0 atom stereocenters. The van der Waals surface area contributed by atoms with Crippen LogP contribution >= 0.6 is 0 Å². The highest BCUT2D eigenvalue weighted by atomic mass is 16.1. The van der Waals surface area contributed by atoms with Crippen LogP contribution in [0.3, 0.4) is 0 Å². The molecule has 3 heteroatoms. The van der Waals surface area contributed by atoms with Crippen LogP contribution in [0.2, 0.25) is 0 Å². The number of aromatic nitrogens is 2. The first-order chi connectivity index (χ1) is 8.31. The summed E-state index contributed by atoms with van der Waals surface area (Å²) in [5.74, 6) is 0.712. The van der Waals surface area contributed by atoms with Crippen LogP contribution in [0.5, 0.6) is 0 Å². The maximum atomic E-state index is 12.3. The minimum absolute atomic E-state index is 0.153. The lowest BCUT2D eigenvalue weighted by atomic mass is 9.85. The third-order valence-electron chi connectivity index (χ3n) is 3.91. The minimum atomic E-state index is 0.153. The molecule has 0 aliphatic heterocycles. The van der Waals surface area contributed by atoms with Gasteiger partial charge in [-0.1, -0.05) is 18.6 Å². The maximum Gasteiger partial charge on any atom is 0.329 e. The zero-order valence-electron chi connectivity index (χ0n) is 10.2. The Morgan fingerprint density at radius 3 is 2.35 bits per heavy atom. The molecule has 1 aliphatic rings. The molecule has 1 saturated carbocycles. The lowest BCUT2D eigenvalue weighted by Crippen LogP contribution is -2.28. The number of nitrogens with zero attached hydrogens (tertiary/aromatic N) is 2. The smallest absolute Gasteiger partial charge is 0.292 e. The molecule has 1 aromatic carbocycles. The summed E-state index contributed by atoms with van der Waals surface area (Å²) in [6.45, 7) is 3.67. The molecular weight excluding hydrogens is 212 g/mol. The molecular formula is C14H18N2O. The van der Waals surface area contributed by atoms with E-state index in [1.54, 1.807) is 0 Å². The van der Waals surface area contributed by atoms with Gasteiger partial charge in [0.1, 0.15) is 0 Å². The molecule has 0 spiro atoms. The number of para-hydroxylation sites is 2. The Labute approximate surface area is 101 Å². The van der Waals surface area contributed by atoms with Crippen molar-refractivity contribution < 1.29 is 0 Å². The van der Waals surface area contributed by atoms with Crippen molar-refractivity contribution in [3.63, 3.8) is 0 Å². The highest BCUT2D eigenvalue weighted by Gasteiger charge is 2.21. The van der Waals surface area contributed by atoms with Crippen LogP contribution in [0.1, 0.15) is 26.2 Å². The molecule has 1 heterocycles. The first-order valence-electron chi connectivity index (χ1n) is 6.49. The van der Waals surface area contributed by atoms with Gasteiger partial charge in [-0.05, 0) is 37.8 Å². The monoisotopic (exact) mass is 230 g/mol. The van der Waals surface area contributed by atoms with Crippen molar-refractivity contribution in [3.05, 3.63) is 34.7 Å². The Hall–Kier alpha value is -1.51. The van der Waals surface area contributed by atoms with E-state index in [-0.39, 0.29) is 5.69 Å². The van der Waals surface area contributed by atoms with E-state index in [0.29, 0.717) is 5.92 Å². The van der Waals surface area contributed by atoms with Crippen molar-refractivity contribution in [2.24, 2.45) is 5.92 Å². The van der Waals surface area contributed by atoms with Crippen molar-refractivity contribution in [3.8, 4) is 0 Å². The van der Waals surface area contributed by atoms with Crippen LogP contribution in [-0.2, 0) is 13.1 Å². The number of aryl methyl sites for hydroxylation is 1. The van der Waals surface area contributed by atoms with E-state index in [4.69, 9.17) is 0 Å². The molecule has 0 saturated heterocycles. The molecule has 1 aliphatic carbocycles. The summed E-state index contributed by atoms with van der Waals surface area (Å²) < 4.78 is 3.83. The lowest BCUT2D eigenvalue weighted by molar-refractivity contribution is 0.276. The first kappa shape index (κ1) is 10.6. The number of hydrogen-bond donors (Lipinski definition) is 0. The number of rotatable bonds is 3. The van der Waals surface area contributed by atoms with Gasteiger partial charge in [-0.2, -0.15) is 0 Å². The predicted molar refractivity (Wildman–Crippen MR) is 69.2 cm³/mol. The molecule has 0 radical (unpaired) electrons. The van der Waals surface area contributed by atoms with E-state index in [1.165, 1.54) is 19.3 Å². The summed E-state index contributed by atoms with van der Waals surface area (Å²) in [6, 6.07) is 8.11. The third-order valence-corrected chi connectivity index (χ3v) is 3.91. The quantitative estimate of drug-likeness (QED) is 0.796. The molecule has 0 N–H and O–H groups in total. The molecule has 17 heavy (non-hydrogen) atoms. The van der Waals surface area contributed by atoms with Crippen LogP contribution in [0.4, 0.5) is 0 Å². The Bertz CT molecular complexity index is 590. The lowest BCUT2D eigenvalue weighted by Gasteiger charge is -2.25. The largest absolute Gasteiger partial charge is 0.329 e. The molecule has 2 aromatic rings. The van der Waals surface area contributed by atoms with Gasteiger partial charge in [0.05, 0.1) is 11.0 Å². The van der Waals surface area contributed by atoms with E-state index < -0.39 is 0 Å². The molecule has 1 aromatic heterocycles. The van der Waals surface area contributed by atoms with Crippen LogP contribution in [0.25, 0.3) is 11.0 Å². The topological polar surface area (TPSA) is 26.9 Å². The average molecular weight is 230 g/mol. The zero-order valence-corrected chi connectivity index (χ0v) is 10.2. The molecule has 3 nitrogen and oxygen atoms in total. The number of imidazole rings is 1. The van der Waals surface area contributed by atoms with E-state index in [1.807, 2.05) is 34.3 Å². The zero-order chi connectivity index (χ0) is 11.8. The van der Waals surface area contributed by atoms with Crippen molar-refractivity contribution in [2.75, 3.05) is 0 Å². The second kappa shape index (κ2) is 4.06. The van der Waals surface area contributed by atoms with Gasteiger partial charge in [-0.3, -0.25) is 9.13 Å². The Morgan fingerprint density at radius 2 is 1.82 bits per heavy atom. The molecule has 0 bridgehead atoms. The van der Waals surface area contributed by atoms with Crippen molar-refractivity contribution >= 4 is 11.0 Å². The van der Waals surface area contributed by atoms with Crippen LogP contribution in [-0.4, -0.2) is 9.13 Å². The minimum Gasteiger partial charge on any atom is -0.292 e. The van der Waals surface area contributed by atoms with Gasteiger partial charge in [0.25, 0.3) is 0 Å². The summed E-state index contributed by atoms with van der Waals surface area (Å²) in [4.78, 5) is 12.3. The summed E-state index contributed by atoms with van der Waals surface area (Å²) in [5.41, 5.74) is 2.31. The van der Waals surface area contributed by atoms with Gasteiger partial charge in [0, 0.05) is 13.1 Å². The van der Waals surface area contributed by atoms with Gasteiger partial charge >= 0.3 is 5.69 Å². The summed E-state index contributed by atoms with van der Waals surface area (Å²) in [6.07, 6.45) is 3.88. The van der Waals surface area contributed by atoms with Gasteiger partial charge in [0.2, 0.25) is 0 Å². The normalized spacial score (nSPS) is 16.3. The summed E-state index contributed by atoms with van der Waals surface area (Å²) >= 11 is 0. The maximum absolute atomic E-state index is 12.3. The van der Waals surface area contributed by atoms with E-state index in [9.17, 15) is 4.79 Å². The number of hydrogen-bond acceptors (Lipinski definition) is 1. The molecule has 90 valence electrons. The fraction of sp³-hybridized carbons (Fsp3) is 0.500. The Morgan fingerprint density at radius 1 is 1.18 bits per heavy atom. The third kappa shape index (κ3) is 1.61. The van der Waals surface area contributed by atoms with Crippen LogP contribution in [0.15, 0.2) is 29.1 Å². The van der Waals surface area contributed by atoms with E-state index >= 15 is 0 Å². The second-order valence-corrected chi connectivity index (χ2v) is 4.92.